The quantitative estimate of drug-likeness (QED) is 0.784. The van der Waals surface area contributed by atoms with E-state index in [1.807, 2.05) is 6.92 Å². The standard InChI is InChI=1S/C12H10ClNO3/c1-8-5-10(17-14-8)7-16-12-9(6-15)3-2-4-11(12)13/h2-6H,7H2,1H3. The highest BCUT2D eigenvalue weighted by Crippen LogP contribution is 2.28. The summed E-state index contributed by atoms with van der Waals surface area (Å²) in [5, 5.41) is 4.13. The third-order valence-electron chi connectivity index (χ3n) is 2.16. The maximum absolute atomic E-state index is 10.8. The normalized spacial score (nSPS) is 10.2. The number of nitrogens with zero attached hydrogens (tertiary/aromatic N) is 1. The lowest BCUT2D eigenvalue weighted by Gasteiger charge is -2.07. The molecule has 0 unspecified atom stereocenters. The summed E-state index contributed by atoms with van der Waals surface area (Å²) in [7, 11) is 0. The molecule has 0 aliphatic carbocycles. The average Bonchev–Trinajstić information content (AvgIpc) is 2.73. The van der Waals surface area contributed by atoms with Crippen LogP contribution in [0.5, 0.6) is 5.75 Å². The SMILES string of the molecule is Cc1cc(COc2c(Cl)cccc2C=O)on1. The van der Waals surface area contributed by atoms with E-state index >= 15 is 0 Å². The molecule has 1 aromatic heterocycles. The van der Waals surface area contributed by atoms with Crippen LogP contribution in [0.3, 0.4) is 0 Å². The van der Waals surface area contributed by atoms with Crippen LogP contribution in [0, 0.1) is 6.92 Å². The van der Waals surface area contributed by atoms with Crippen molar-refractivity contribution in [2.75, 3.05) is 0 Å². The van der Waals surface area contributed by atoms with Gasteiger partial charge in [-0.05, 0) is 19.1 Å². The fourth-order valence-corrected chi connectivity index (χ4v) is 1.63. The van der Waals surface area contributed by atoms with Crippen molar-refractivity contribution < 1.29 is 14.1 Å². The van der Waals surface area contributed by atoms with Crippen molar-refractivity contribution in [3.05, 3.63) is 46.3 Å². The van der Waals surface area contributed by atoms with Gasteiger partial charge < -0.3 is 9.26 Å². The number of benzene rings is 1. The van der Waals surface area contributed by atoms with Gasteiger partial charge in [0.2, 0.25) is 0 Å². The Morgan fingerprint density at radius 3 is 3.00 bits per heavy atom. The minimum atomic E-state index is 0.186. The summed E-state index contributed by atoms with van der Waals surface area (Å²) in [4.78, 5) is 10.8. The van der Waals surface area contributed by atoms with Crippen LogP contribution in [-0.4, -0.2) is 11.4 Å². The molecule has 1 heterocycles. The van der Waals surface area contributed by atoms with Crippen molar-refractivity contribution in [2.24, 2.45) is 0 Å². The molecule has 2 rings (SSSR count). The molecular weight excluding hydrogens is 242 g/mol. The lowest BCUT2D eigenvalue weighted by molar-refractivity contribution is 0.111. The van der Waals surface area contributed by atoms with Crippen molar-refractivity contribution in [2.45, 2.75) is 13.5 Å². The number of rotatable bonds is 4. The van der Waals surface area contributed by atoms with Crippen molar-refractivity contribution in [3.63, 3.8) is 0 Å². The predicted octanol–water partition coefficient (Wildman–Crippen LogP) is 3.03. The van der Waals surface area contributed by atoms with Crippen LogP contribution in [0.2, 0.25) is 5.02 Å². The fourth-order valence-electron chi connectivity index (χ4n) is 1.40. The van der Waals surface area contributed by atoms with Gasteiger partial charge in [-0.1, -0.05) is 22.8 Å². The molecule has 0 bridgehead atoms. The van der Waals surface area contributed by atoms with Crippen LogP contribution in [0.25, 0.3) is 0 Å². The van der Waals surface area contributed by atoms with E-state index in [9.17, 15) is 4.79 Å². The Kier molecular flexibility index (Phi) is 3.44. The second kappa shape index (κ2) is 5.01. The monoisotopic (exact) mass is 251 g/mol. The number of aldehydes is 1. The van der Waals surface area contributed by atoms with E-state index in [4.69, 9.17) is 20.9 Å². The summed E-state index contributed by atoms with van der Waals surface area (Å²) in [5.74, 6) is 0.942. The van der Waals surface area contributed by atoms with Gasteiger partial charge >= 0.3 is 0 Å². The molecule has 0 N–H and O–H groups in total. The van der Waals surface area contributed by atoms with Gasteiger partial charge in [0, 0.05) is 6.07 Å². The molecule has 0 aliphatic rings. The van der Waals surface area contributed by atoms with Gasteiger partial charge in [0.05, 0.1) is 16.3 Å². The average molecular weight is 252 g/mol. The Morgan fingerprint density at radius 2 is 2.35 bits per heavy atom. The van der Waals surface area contributed by atoms with Crippen LogP contribution in [0.1, 0.15) is 21.8 Å². The zero-order valence-corrected chi connectivity index (χ0v) is 9.90. The lowest BCUT2D eigenvalue weighted by atomic mass is 10.2. The van der Waals surface area contributed by atoms with E-state index in [0.29, 0.717) is 28.4 Å². The highest BCUT2D eigenvalue weighted by molar-refractivity contribution is 6.32. The Bertz CT molecular complexity index is 536. The molecule has 2 aromatic rings. The van der Waals surface area contributed by atoms with Gasteiger partial charge in [0.25, 0.3) is 0 Å². The fraction of sp³-hybridized carbons (Fsp3) is 0.167. The van der Waals surface area contributed by atoms with Crippen LogP contribution in [0.4, 0.5) is 0 Å². The zero-order valence-electron chi connectivity index (χ0n) is 9.14. The molecule has 0 saturated heterocycles. The number of hydrogen-bond acceptors (Lipinski definition) is 4. The first kappa shape index (κ1) is 11.7. The second-order valence-corrected chi connectivity index (χ2v) is 3.91. The Labute approximate surface area is 103 Å². The third-order valence-corrected chi connectivity index (χ3v) is 2.46. The van der Waals surface area contributed by atoms with Crippen LogP contribution < -0.4 is 4.74 Å². The molecule has 17 heavy (non-hydrogen) atoms. The van der Waals surface area contributed by atoms with E-state index in [-0.39, 0.29) is 6.61 Å². The van der Waals surface area contributed by atoms with Gasteiger partial charge in [-0.15, -0.1) is 0 Å². The van der Waals surface area contributed by atoms with Gasteiger partial charge in [-0.2, -0.15) is 0 Å². The van der Waals surface area contributed by atoms with E-state index in [1.165, 1.54) is 0 Å². The number of aryl methyl sites for hydroxylation is 1. The molecule has 0 radical (unpaired) electrons. The number of carbonyl (C=O) groups excluding carboxylic acids is 1. The summed E-state index contributed by atoms with van der Waals surface area (Å²) in [6.07, 6.45) is 0.701. The zero-order chi connectivity index (χ0) is 12.3. The summed E-state index contributed by atoms with van der Waals surface area (Å²) in [6, 6.07) is 6.75. The van der Waals surface area contributed by atoms with E-state index in [0.717, 1.165) is 5.69 Å². The molecule has 4 nitrogen and oxygen atoms in total. The van der Waals surface area contributed by atoms with E-state index < -0.39 is 0 Å². The highest BCUT2D eigenvalue weighted by Gasteiger charge is 2.09. The summed E-state index contributed by atoms with van der Waals surface area (Å²) in [6.45, 7) is 2.00. The second-order valence-electron chi connectivity index (χ2n) is 3.50. The molecule has 0 atom stereocenters. The predicted molar refractivity (Wildman–Crippen MR) is 62.4 cm³/mol. The first-order valence-electron chi connectivity index (χ1n) is 4.99. The summed E-state index contributed by atoms with van der Waals surface area (Å²) in [5.41, 5.74) is 1.19. The van der Waals surface area contributed by atoms with Crippen molar-refractivity contribution in [1.82, 2.24) is 5.16 Å². The molecule has 0 spiro atoms. The molecule has 0 fully saturated rings. The van der Waals surface area contributed by atoms with Crippen molar-refractivity contribution in [3.8, 4) is 5.75 Å². The number of hydrogen-bond donors (Lipinski definition) is 0. The number of ether oxygens (including phenoxy) is 1. The smallest absolute Gasteiger partial charge is 0.174 e. The lowest BCUT2D eigenvalue weighted by Crippen LogP contribution is -1.98. The number of aromatic nitrogens is 1. The van der Waals surface area contributed by atoms with Gasteiger partial charge in [0.1, 0.15) is 12.4 Å². The Balaban J connectivity index is 2.16. The van der Waals surface area contributed by atoms with Crippen LogP contribution >= 0.6 is 11.6 Å². The van der Waals surface area contributed by atoms with Gasteiger partial charge in [-0.25, -0.2) is 0 Å². The maximum atomic E-state index is 10.8. The van der Waals surface area contributed by atoms with Gasteiger partial charge in [-0.3, -0.25) is 4.79 Å². The molecule has 5 heteroatoms. The molecular formula is C12H10ClNO3. The van der Waals surface area contributed by atoms with Crippen LogP contribution in [-0.2, 0) is 6.61 Å². The first-order valence-corrected chi connectivity index (χ1v) is 5.37. The molecule has 0 amide bonds. The summed E-state index contributed by atoms with van der Waals surface area (Å²) >= 11 is 5.95. The van der Waals surface area contributed by atoms with E-state index in [1.54, 1.807) is 24.3 Å². The molecule has 88 valence electrons. The van der Waals surface area contributed by atoms with Crippen molar-refractivity contribution in [1.29, 1.82) is 0 Å². The van der Waals surface area contributed by atoms with Crippen LogP contribution in [0.15, 0.2) is 28.8 Å². The Morgan fingerprint density at radius 1 is 1.53 bits per heavy atom. The summed E-state index contributed by atoms with van der Waals surface area (Å²) < 4.78 is 10.5. The number of halogens is 1. The van der Waals surface area contributed by atoms with Gasteiger partial charge in [0.15, 0.2) is 12.0 Å². The molecule has 0 aliphatic heterocycles. The molecule has 1 aromatic carbocycles. The topological polar surface area (TPSA) is 52.3 Å². The maximum Gasteiger partial charge on any atom is 0.174 e. The first-order chi connectivity index (χ1) is 8.20. The van der Waals surface area contributed by atoms with Crippen molar-refractivity contribution >= 4 is 17.9 Å². The van der Waals surface area contributed by atoms with E-state index in [2.05, 4.69) is 5.16 Å². The number of para-hydroxylation sites is 1. The Hall–Kier alpha value is -1.81. The largest absolute Gasteiger partial charge is 0.483 e. The molecule has 0 saturated carbocycles. The third kappa shape index (κ3) is 2.65. The highest BCUT2D eigenvalue weighted by atomic mass is 35.5. The number of carbonyl (C=O) groups is 1. The minimum absolute atomic E-state index is 0.186. The minimum Gasteiger partial charge on any atom is -0.483 e.